The lowest BCUT2D eigenvalue weighted by molar-refractivity contribution is -0.145. The molecule has 0 radical (unpaired) electrons. The zero-order chi connectivity index (χ0) is 26.6. The molecular weight excluding hydrogens is 492 g/mol. The molecule has 0 aliphatic heterocycles. The maximum Gasteiger partial charge on any atom is 0.344 e. The van der Waals surface area contributed by atoms with Gasteiger partial charge in [-0.1, -0.05) is 73.9 Å². The zero-order valence-electron chi connectivity index (χ0n) is 22.3. The fraction of sp³-hybridized carbons (Fsp3) is 0.364. The SMILES string of the molecule is CCOC(=O)COc1ccc(Sc2cc(C#Cc3ccccc3)cc(OCCC3CCCCC3)c2)cc1C. The van der Waals surface area contributed by atoms with E-state index in [1.807, 2.05) is 55.5 Å². The van der Waals surface area contributed by atoms with Crippen molar-refractivity contribution in [2.45, 2.75) is 62.2 Å². The lowest BCUT2D eigenvalue weighted by Gasteiger charge is -2.21. The molecule has 3 aromatic rings. The van der Waals surface area contributed by atoms with Crippen molar-refractivity contribution in [1.29, 1.82) is 0 Å². The molecule has 0 spiro atoms. The molecule has 0 saturated heterocycles. The Balaban J connectivity index is 1.48. The molecule has 3 aromatic carbocycles. The minimum atomic E-state index is -0.366. The fourth-order valence-electron chi connectivity index (χ4n) is 4.59. The van der Waals surface area contributed by atoms with E-state index in [0.717, 1.165) is 51.2 Å². The number of ether oxygens (including phenoxy) is 3. The first-order valence-corrected chi connectivity index (χ1v) is 14.3. The van der Waals surface area contributed by atoms with Crippen LogP contribution in [0.1, 0.15) is 62.1 Å². The minimum Gasteiger partial charge on any atom is -0.494 e. The number of hydrogen-bond donors (Lipinski definition) is 0. The number of aryl methyl sites for hydroxylation is 1. The number of carbonyl (C=O) groups excluding carboxylic acids is 1. The van der Waals surface area contributed by atoms with Crippen molar-refractivity contribution in [3.8, 4) is 23.3 Å². The molecule has 0 unspecified atom stereocenters. The van der Waals surface area contributed by atoms with Crippen LogP contribution >= 0.6 is 11.8 Å². The Morgan fingerprint density at radius 3 is 2.45 bits per heavy atom. The number of hydrogen-bond acceptors (Lipinski definition) is 5. The average Bonchev–Trinajstić information content (AvgIpc) is 2.93. The van der Waals surface area contributed by atoms with Crippen LogP contribution < -0.4 is 9.47 Å². The van der Waals surface area contributed by atoms with Gasteiger partial charge >= 0.3 is 5.97 Å². The molecule has 0 amide bonds. The molecule has 4 nitrogen and oxygen atoms in total. The first kappa shape index (κ1) is 27.7. The summed E-state index contributed by atoms with van der Waals surface area (Å²) < 4.78 is 16.8. The number of rotatable bonds is 10. The topological polar surface area (TPSA) is 44.8 Å². The van der Waals surface area contributed by atoms with Gasteiger partial charge in [0.15, 0.2) is 6.61 Å². The molecule has 1 aliphatic rings. The standard InChI is InChI=1S/C33H36O4S/c1-3-35-33(34)24-37-32-17-16-30(20-25(32)2)38-31-22-28(15-14-26-10-6-4-7-11-26)21-29(23-31)36-19-18-27-12-8-5-9-13-27/h4,6-7,10-11,16-17,20-23,27H,3,5,8-9,12-13,18-19,24H2,1-2H3. The van der Waals surface area contributed by atoms with E-state index in [9.17, 15) is 4.79 Å². The summed E-state index contributed by atoms with van der Waals surface area (Å²) in [6.07, 6.45) is 7.83. The summed E-state index contributed by atoms with van der Waals surface area (Å²) in [5.74, 6) is 8.54. The number of esters is 1. The monoisotopic (exact) mass is 528 g/mol. The van der Waals surface area contributed by atoms with Gasteiger partial charge in [0.1, 0.15) is 11.5 Å². The molecular formula is C33H36O4S. The first-order chi connectivity index (χ1) is 18.6. The van der Waals surface area contributed by atoms with Gasteiger partial charge in [-0.25, -0.2) is 4.79 Å². The maximum absolute atomic E-state index is 11.6. The normalized spacial score (nSPS) is 13.3. The van der Waals surface area contributed by atoms with Crippen LogP contribution in [-0.4, -0.2) is 25.8 Å². The molecule has 0 N–H and O–H groups in total. The Hall–Kier alpha value is -3.36. The van der Waals surface area contributed by atoms with Crippen LogP contribution in [0.25, 0.3) is 0 Å². The molecule has 1 fully saturated rings. The Bertz CT molecular complexity index is 1250. The second-order valence-corrected chi connectivity index (χ2v) is 10.7. The predicted octanol–water partition coefficient (Wildman–Crippen LogP) is 7.84. The van der Waals surface area contributed by atoms with Gasteiger partial charge < -0.3 is 14.2 Å². The second kappa shape index (κ2) is 14.5. The third kappa shape index (κ3) is 8.89. The first-order valence-electron chi connectivity index (χ1n) is 13.5. The highest BCUT2D eigenvalue weighted by Gasteiger charge is 2.14. The Morgan fingerprint density at radius 1 is 0.895 bits per heavy atom. The van der Waals surface area contributed by atoms with E-state index in [4.69, 9.17) is 14.2 Å². The fourth-order valence-corrected chi connectivity index (χ4v) is 5.60. The van der Waals surface area contributed by atoms with Crippen molar-refractivity contribution in [2.24, 2.45) is 5.92 Å². The van der Waals surface area contributed by atoms with Crippen LogP contribution in [0.3, 0.4) is 0 Å². The minimum absolute atomic E-state index is 0.0924. The van der Waals surface area contributed by atoms with Crippen LogP contribution in [-0.2, 0) is 9.53 Å². The Morgan fingerprint density at radius 2 is 1.68 bits per heavy atom. The van der Waals surface area contributed by atoms with Crippen molar-refractivity contribution in [2.75, 3.05) is 19.8 Å². The van der Waals surface area contributed by atoms with Crippen LogP contribution in [0.15, 0.2) is 76.5 Å². The van der Waals surface area contributed by atoms with Gasteiger partial charge in [0.25, 0.3) is 0 Å². The highest BCUT2D eigenvalue weighted by Crippen LogP contribution is 2.34. The van der Waals surface area contributed by atoms with Gasteiger partial charge in [0, 0.05) is 20.9 Å². The molecule has 198 valence electrons. The average molecular weight is 529 g/mol. The highest BCUT2D eigenvalue weighted by molar-refractivity contribution is 7.99. The van der Waals surface area contributed by atoms with E-state index in [1.165, 1.54) is 32.1 Å². The molecule has 1 aliphatic carbocycles. The lowest BCUT2D eigenvalue weighted by atomic mass is 9.87. The summed E-state index contributed by atoms with van der Waals surface area (Å²) in [5, 5.41) is 0. The predicted molar refractivity (Wildman–Crippen MR) is 153 cm³/mol. The van der Waals surface area contributed by atoms with Gasteiger partial charge in [0.2, 0.25) is 0 Å². The van der Waals surface area contributed by atoms with Crippen molar-refractivity contribution in [3.63, 3.8) is 0 Å². The summed E-state index contributed by atoms with van der Waals surface area (Å²) in [6, 6.07) is 22.2. The van der Waals surface area contributed by atoms with Gasteiger partial charge in [-0.2, -0.15) is 0 Å². The Kier molecular flexibility index (Phi) is 10.6. The summed E-state index contributed by atoms with van der Waals surface area (Å²) in [5.41, 5.74) is 2.88. The van der Waals surface area contributed by atoms with Gasteiger partial charge in [-0.05, 0) is 80.3 Å². The second-order valence-electron chi connectivity index (χ2n) is 9.57. The van der Waals surface area contributed by atoms with Gasteiger partial charge in [0.05, 0.1) is 13.2 Å². The summed E-state index contributed by atoms with van der Waals surface area (Å²) in [4.78, 5) is 13.8. The summed E-state index contributed by atoms with van der Waals surface area (Å²) in [7, 11) is 0. The van der Waals surface area contributed by atoms with E-state index < -0.39 is 0 Å². The van der Waals surface area contributed by atoms with Crippen LogP contribution in [0, 0.1) is 24.7 Å². The summed E-state index contributed by atoms with van der Waals surface area (Å²) in [6.45, 7) is 4.75. The maximum atomic E-state index is 11.6. The molecule has 38 heavy (non-hydrogen) atoms. The van der Waals surface area contributed by atoms with Crippen LogP contribution in [0.4, 0.5) is 0 Å². The van der Waals surface area contributed by atoms with Crippen LogP contribution in [0.2, 0.25) is 0 Å². The third-order valence-corrected chi connectivity index (χ3v) is 7.52. The van der Waals surface area contributed by atoms with E-state index in [-0.39, 0.29) is 12.6 Å². The van der Waals surface area contributed by atoms with E-state index in [1.54, 1.807) is 18.7 Å². The van der Waals surface area contributed by atoms with Crippen molar-refractivity contribution < 1.29 is 19.0 Å². The molecule has 1 saturated carbocycles. The third-order valence-electron chi connectivity index (χ3n) is 6.56. The van der Waals surface area contributed by atoms with Gasteiger partial charge in [-0.3, -0.25) is 0 Å². The molecule has 0 atom stereocenters. The van der Waals surface area contributed by atoms with E-state index in [2.05, 4.69) is 30.0 Å². The number of carbonyl (C=O) groups is 1. The molecule has 0 bridgehead atoms. The van der Waals surface area contributed by atoms with Crippen molar-refractivity contribution >= 4 is 17.7 Å². The molecule has 0 aromatic heterocycles. The smallest absolute Gasteiger partial charge is 0.344 e. The zero-order valence-corrected chi connectivity index (χ0v) is 23.1. The summed E-state index contributed by atoms with van der Waals surface area (Å²) >= 11 is 1.66. The molecule has 0 heterocycles. The molecule has 5 heteroatoms. The Labute approximate surface area is 231 Å². The lowest BCUT2D eigenvalue weighted by Crippen LogP contribution is -2.14. The van der Waals surface area contributed by atoms with E-state index in [0.29, 0.717) is 12.4 Å². The molecule has 4 rings (SSSR count). The number of benzene rings is 3. The highest BCUT2D eigenvalue weighted by atomic mass is 32.2. The quantitative estimate of drug-likeness (QED) is 0.198. The van der Waals surface area contributed by atoms with E-state index >= 15 is 0 Å². The van der Waals surface area contributed by atoms with Crippen LogP contribution in [0.5, 0.6) is 11.5 Å². The largest absolute Gasteiger partial charge is 0.494 e. The van der Waals surface area contributed by atoms with Crippen molar-refractivity contribution in [3.05, 3.63) is 83.4 Å². The van der Waals surface area contributed by atoms with Crippen molar-refractivity contribution in [1.82, 2.24) is 0 Å². The van der Waals surface area contributed by atoms with Gasteiger partial charge in [-0.15, -0.1) is 0 Å².